The normalized spacial score (nSPS) is 10.6. The molecule has 0 aliphatic carbocycles. The van der Waals surface area contributed by atoms with E-state index in [9.17, 15) is 14.4 Å². The summed E-state index contributed by atoms with van der Waals surface area (Å²) in [7, 11) is 1.26. The van der Waals surface area contributed by atoms with Crippen LogP contribution in [0.2, 0.25) is 10.0 Å². The minimum absolute atomic E-state index is 0.192. The summed E-state index contributed by atoms with van der Waals surface area (Å²) in [6.07, 6.45) is 1.49. The molecule has 7 nitrogen and oxygen atoms in total. The van der Waals surface area contributed by atoms with Gasteiger partial charge in [-0.05, 0) is 36.4 Å². The second kappa shape index (κ2) is 8.98. The van der Waals surface area contributed by atoms with Crippen LogP contribution >= 0.6 is 23.2 Å². The quantitative estimate of drug-likeness (QED) is 0.599. The molecule has 29 heavy (non-hydrogen) atoms. The van der Waals surface area contributed by atoms with Crippen LogP contribution in [0.25, 0.3) is 10.8 Å². The fourth-order valence-corrected chi connectivity index (χ4v) is 2.96. The highest BCUT2D eigenvalue weighted by molar-refractivity contribution is 6.42. The molecule has 1 N–H and O–H groups in total. The van der Waals surface area contributed by atoms with Crippen LogP contribution in [0.3, 0.4) is 0 Å². The number of carbonyl (C=O) groups is 2. The standard InChI is InChI=1S/C20H16Cl2N2O5/c1-28-19(26)11-29-17-4-2-3-14-13(17)7-8-24(20(14)27)10-18(25)23-12-5-6-15(21)16(22)9-12/h2-9H,10-11H2,1H3,(H,23,25). The lowest BCUT2D eigenvalue weighted by molar-refractivity contribution is -0.142. The molecular weight excluding hydrogens is 419 g/mol. The highest BCUT2D eigenvalue weighted by Gasteiger charge is 2.12. The molecule has 1 heterocycles. The SMILES string of the molecule is COC(=O)COc1cccc2c(=O)n(CC(=O)Nc3ccc(Cl)c(Cl)c3)ccc12. The van der Waals surface area contributed by atoms with E-state index < -0.39 is 11.9 Å². The monoisotopic (exact) mass is 434 g/mol. The molecule has 0 fully saturated rings. The van der Waals surface area contributed by atoms with Gasteiger partial charge in [0, 0.05) is 17.3 Å². The predicted octanol–water partition coefficient (Wildman–Crippen LogP) is 3.50. The molecule has 9 heteroatoms. The summed E-state index contributed by atoms with van der Waals surface area (Å²) in [6.45, 7) is -0.465. The number of anilines is 1. The topological polar surface area (TPSA) is 86.6 Å². The molecule has 0 aliphatic rings. The van der Waals surface area contributed by atoms with Crippen LogP contribution in [0.5, 0.6) is 5.75 Å². The van der Waals surface area contributed by atoms with Crippen LogP contribution in [-0.4, -0.2) is 30.2 Å². The number of hydrogen-bond acceptors (Lipinski definition) is 5. The Bertz CT molecular complexity index is 1140. The number of methoxy groups -OCH3 is 1. The fourth-order valence-electron chi connectivity index (χ4n) is 2.66. The van der Waals surface area contributed by atoms with Gasteiger partial charge in [-0.2, -0.15) is 0 Å². The van der Waals surface area contributed by atoms with E-state index in [2.05, 4.69) is 10.1 Å². The molecule has 0 saturated carbocycles. The van der Waals surface area contributed by atoms with E-state index in [4.69, 9.17) is 27.9 Å². The Morgan fingerprint density at radius 1 is 1.07 bits per heavy atom. The van der Waals surface area contributed by atoms with Gasteiger partial charge in [-0.25, -0.2) is 4.79 Å². The number of benzene rings is 2. The number of ether oxygens (including phenoxy) is 2. The van der Waals surface area contributed by atoms with Gasteiger partial charge in [0.1, 0.15) is 12.3 Å². The number of rotatable bonds is 6. The smallest absolute Gasteiger partial charge is 0.343 e. The Morgan fingerprint density at radius 3 is 2.59 bits per heavy atom. The number of amides is 1. The Labute approximate surface area is 175 Å². The van der Waals surface area contributed by atoms with Gasteiger partial charge >= 0.3 is 5.97 Å². The third-order valence-corrected chi connectivity index (χ3v) is 4.81. The fraction of sp³-hybridized carbons (Fsp3) is 0.150. The average Bonchev–Trinajstić information content (AvgIpc) is 2.71. The van der Waals surface area contributed by atoms with Gasteiger partial charge in [-0.3, -0.25) is 9.59 Å². The van der Waals surface area contributed by atoms with Crippen LogP contribution < -0.4 is 15.6 Å². The van der Waals surface area contributed by atoms with Crippen LogP contribution in [0.4, 0.5) is 5.69 Å². The minimum Gasteiger partial charge on any atom is -0.481 e. The lowest BCUT2D eigenvalue weighted by atomic mass is 10.1. The summed E-state index contributed by atoms with van der Waals surface area (Å²) in [4.78, 5) is 36.4. The number of hydrogen-bond donors (Lipinski definition) is 1. The molecule has 0 aliphatic heterocycles. The zero-order chi connectivity index (χ0) is 21.0. The first-order chi connectivity index (χ1) is 13.9. The molecule has 1 amide bonds. The number of esters is 1. The van der Waals surface area contributed by atoms with Gasteiger partial charge in [0.15, 0.2) is 6.61 Å². The molecule has 0 bridgehead atoms. The van der Waals surface area contributed by atoms with E-state index in [1.54, 1.807) is 36.4 Å². The number of pyridine rings is 1. The lowest BCUT2D eigenvalue weighted by Crippen LogP contribution is -2.27. The summed E-state index contributed by atoms with van der Waals surface area (Å²) < 4.78 is 11.2. The van der Waals surface area contributed by atoms with Crippen LogP contribution in [0, 0.1) is 0 Å². The molecule has 1 aromatic heterocycles. The maximum Gasteiger partial charge on any atom is 0.343 e. The number of aromatic nitrogens is 1. The Hall–Kier alpha value is -3.03. The van der Waals surface area contributed by atoms with Gasteiger partial charge in [-0.1, -0.05) is 29.3 Å². The summed E-state index contributed by atoms with van der Waals surface area (Å²) in [5.74, 6) is -0.560. The third-order valence-electron chi connectivity index (χ3n) is 4.07. The van der Waals surface area contributed by atoms with E-state index in [0.717, 1.165) is 0 Å². The van der Waals surface area contributed by atoms with E-state index >= 15 is 0 Å². The highest BCUT2D eigenvalue weighted by Crippen LogP contribution is 2.25. The van der Waals surface area contributed by atoms with Crippen molar-refractivity contribution >= 4 is 51.5 Å². The molecule has 3 aromatic rings. The van der Waals surface area contributed by atoms with Crippen LogP contribution in [0.15, 0.2) is 53.5 Å². The first kappa shape index (κ1) is 20.7. The largest absolute Gasteiger partial charge is 0.481 e. The Morgan fingerprint density at radius 2 is 1.86 bits per heavy atom. The molecule has 3 rings (SSSR count). The zero-order valence-electron chi connectivity index (χ0n) is 15.3. The summed E-state index contributed by atoms with van der Waals surface area (Å²) >= 11 is 11.8. The van der Waals surface area contributed by atoms with E-state index in [1.807, 2.05) is 0 Å². The van der Waals surface area contributed by atoms with Crippen LogP contribution in [0.1, 0.15) is 0 Å². The molecule has 0 radical (unpaired) electrons. The molecule has 0 saturated heterocycles. The number of nitrogens with one attached hydrogen (secondary N) is 1. The minimum atomic E-state index is -0.533. The van der Waals surface area contributed by atoms with Crippen molar-refractivity contribution < 1.29 is 19.1 Å². The molecular formula is C20H16Cl2N2O5. The first-order valence-corrected chi connectivity index (χ1v) is 9.21. The summed E-state index contributed by atoms with van der Waals surface area (Å²) in [6, 6.07) is 11.3. The number of nitrogens with zero attached hydrogens (tertiary/aromatic N) is 1. The Balaban J connectivity index is 1.80. The summed E-state index contributed by atoms with van der Waals surface area (Å²) in [5.41, 5.74) is 0.104. The maximum absolute atomic E-state index is 12.8. The summed E-state index contributed by atoms with van der Waals surface area (Å²) in [5, 5.41) is 4.24. The van der Waals surface area contributed by atoms with Gasteiger partial charge in [-0.15, -0.1) is 0 Å². The van der Waals surface area contributed by atoms with Gasteiger partial charge < -0.3 is 19.4 Å². The van der Waals surface area contributed by atoms with Crippen molar-refractivity contribution in [2.24, 2.45) is 0 Å². The zero-order valence-corrected chi connectivity index (χ0v) is 16.8. The van der Waals surface area contributed by atoms with Crippen molar-refractivity contribution in [2.45, 2.75) is 6.54 Å². The molecule has 2 aromatic carbocycles. The number of carbonyl (C=O) groups excluding carboxylic acids is 2. The van der Waals surface area contributed by atoms with Crippen molar-refractivity contribution in [3.05, 3.63) is 69.1 Å². The maximum atomic E-state index is 12.8. The van der Waals surface area contributed by atoms with E-state index in [0.29, 0.717) is 32.3 Å². The second-order valence-electron chi connectivity index (χ2n) is 6.01. The lowest BCUT2D eigenvalue weighted by Gasteiger charge is -2.11. The van der Waals surface area contributed by atoms with Crippen molar-refractivity contribution in [3.8, 4) is 5.75 Å². The Kier molecular flexibility index (Phi) is 6.41. The number of halogens is 2. The first-order valence-electron chi connectivity index (χ1n) is 8.45. The average molecular weight is 435 g/mol. The molecule has 0 unspecified atom stereocenters. The second-order valence-corrected chi connectivity index (χ2v) is 6.82. The van der Waals surface area contributed by atoms with E-state index in [-0.39, 0.29) is 18.7 Å². The third kappa shape index (κ3) is 4.88. The van der Waals surface area contributed by atoms with E-state index in [1.165, 1.54) is 23.9 Å². The van der Waals surface area contributed by atoms with Crippen molar-refractivity contribution in [1.82, 2.24) is 4.57 Å². The van der Waals surface area contributed by atoms with Gasteiger partial charge in [0.2, 0.25) is 5.91 Å². The van der Waals surface area contributed by atoms with Crippen molar-refractivity contribution in [3.63, 3.8) is 0 Å². The van der Waals surface area contributed by atoms with Crippen molar-refractivity contribution in [1.29, 1.82) is 0 Å². The van der Waals surface area contributed by atoms with Crippen LogP contribution in [-0.2, 0) is 20.9 Å². The predicted molar refractivity (Wildman–Crippen MR) is 111 cm³/mol. The number of fused-ring (bicyclic) bond motifs is 1. The van der Waals surface area contributed by atoms with Gasteiger partial charge in [0.05, 0.1) is 22.5 Å². The highest BCUT2D eigenvalue weighted by atomic mass is 35.5. The van der Waals surface area contributed by atoms with Gasteiger partial charge in [0.25, 0.3) is 5.56 Å². The molecule has 0 spiro atoms. The molecule has 0 atom stereocenters. The van der Waals surface area contributed by atoms with Crippen molar-refractivity contribution in [2.75, 3.05) is 19.0 Å². The molecule has 150 valence electrons.